The second kappa shape index (κ2) is 6.52. The van der Waals surface area contributed by atoms with Gasteiger partial charge in [0.25, 0.3) is 5.91 Å². The number of anilines is 2. The van der Waals surface area contributed by atoms with Crippen LogP contribution in [0.1, 0.15) is 33.2 Å². The highest BCUT2D eigenvalue weighted by Crippen LogP contribution is 2.23. The van der Waals surface area contributed by atoms with Crippen molar-refractivity contribution in [1.29, 1.82) is 0 Å². The zero-order valence-electron chi connectivity index (χ0n) is 12.9. The molecule has 23 heavy (non-hydrogen) atoms. The minimum atomic E-state index is -0.366. The van der Waals surface area contributed by atoms with E-state index in [1.54, 1.807) is 31.2 Å². The Morgan fingerprint density at radius 2 is 1.87 bits per heavy atom. The number of carbonyl (C=O) groups excluding carboxylic acids is 2. The van der Waals surface area contributed by atoms with Gasteiger partial charge >= 0.3 is 5.97 Å². The third-order valence-corrected chi connectivity index (χ3v) is 3.74. The van der Waals surface area contributed by atoms with Crippen molar-refractivity contribution in [3.05, 3.63) is 59.2 Å². The van der Waals surface area contributed by atoms with Gasteiger partial charge in [0.05, 0.1) is 12.2 Å². The van der Waals surface area contributed by atoms with Gasteiger partial charge in [0, 0.05) is 23.5 Å². The molecule has 0 aliphatic carbocycles. The first-order valence-corrected chi connectivity index (χ1v) is 7.62. The maximum absolute atomic E-state index is 12.3. The number of carbonyl (C=O) groups is 2. The quantitative estimate of drug-likeness (QED) is 0.852. The van der Waals surface area contributed by atoms with Crippen molar-refractivity contribution in [2.75, 3.05) is 23.8 Å². The molecule has 2 N–H and O–H groups in total. The Balaban J connectivity index is 1.69. The van der Waals surface area contributed by atoms with Gasteiger partial charge in [-0.15, -0.1) is 0 Å². The molecule has 1 aliphatic heterocycles. The number of rotatable bonds is 4. The van der Waals surface area contributed by atoms with Crippen LogP contribution in [0.3, 0.4) is 0 Å². The second-order valence-corrected chi connectivity index (χ2v) is 5.30. The van der Waals surface area contributed by atoms with Gasteiger partial charge in [-0.2, -0.15) is 0 Å². The van der Waals surface area contributed by atoms with Crippen molar-refractivity contribution in [1.82, 2.24) is 0 Å². The molecule has 0 aromatic heterocycles. The smallest absolute Gasteiger partial charge is 0.338 e. The molecule has 5 nitrogen and oxygen atoms in total. The second-order valence-electron chi connectivity index (χ2n) is 5.30. The first kappa shape index (κ1) is 15.1. The summed E-state index contributed by atoms with van der Waals surface area (Å²) in [5.74, 6) is -0.541. The number of benzene rings is 2. The van der Waals surface area contributed by atoms with E-state index in [9.17, 15) is 9.59 Å². The molecule has 0 atom stereocenters. The molecule has 1 heterocycles. The lowest BCUT2D eigenvalue weighted by Gasteiger charge is -2.08. The maximum Gasteiger partial charge on any atom is 0.338 e. The van der Waals surface area contributed by atoms with Gasteiger partial charge in [0.15, 0.2) is 0 Å². The summed E-state index contributed by atoms with van der Waals surface area (Å²) in [5.41, 5.74) is 3.96. The Hall–Kier alpha value is -2.82. The van der Waals surface area contributed by atoms with E-state index in [1.807, 2.05) is 18.2 Å². The van der Waals surface area contributed by atoms with Crippen molar-refractivity contribution in [2.24, 2.45) is 0 Å². The van der Waals surface area contributed by atoms with Gasteiger partial charge in [0.1, 0.15) is 0 Å². The fraction of sp³-hybridized carbons (Fsp3) is 0.222. The normalized spacial score (nSPS) is 12.2. The number of fused-ring (bicyclic) bond motifs is 1. The van der Waals surface area contributed by atoms with Crippen LogP contribution in [0.2, 0.25) is 0 Å². The van der Waals surface area contributed by atoms with Crippen LogP contribution in [0.15, 0.2) is 42.5 Å². The molecule has 0 fully saturated rings. The number of esters is 1. The van der Waals surface area contributed by atoms with Crippen LogP contribution < -0.4 is 10.6 Å². The van der Waals surface area contributed by atoms with E-state index in [-0.39, 0.29) is 11.9 Å². The molecule has 0 saturated carbocycles. The van der Waals surface area contributed by atoms with E-state index in [2.05, 4.69) is 10.6 Å². The summed E-state index contributed by atoms with van der Waals surface area (Å²) in [4.78, 5) is 23.9. The van der Waals surface area contributed by atoms with Crippen molar-refractivity contribution >= 4 is 23.3 Å². The molecular weight excluding hydrogens is 292 g/mol. The fourth-order valence-electron chi connectivity index (χ4n) is 2.54. The predicted molar refractivity (Wildman–Crippen MR) is 89.0 cm³/mol. The van der Waals surface area contributed by atoms with Crippen molar-refractivity contribution in [3.8, 4) is 0 Å². The van der Waals surface area contributed by atoms with E-state index in [0.29, 0.717) is 23.4 Å². The number of hydrogen-bond donors (Lipinski definition) is 2. The lowest BCUT2D eigenvalue weighted by molar-refractivity contribution is 0.0526. The molecular formula is C18H18N2O3. The SMILES string of the molecule is CCOC(=O)c1ccc(NC(=O)c2ccc3c(c2)NCC3)cc1. The average Bonchev–Trinajstić information content (AvgIpc) is 3.03. The Bertz CT molecular complexity index is 738. The van der Waals surface area contributed by atoms with Gasteiger partial charge in [-0.1, -0.05) is 6.07 Å². The number of amides is 1. The minimum Gasteiger partial charge on any atom is -0.462 e. The number of nitrogens with one attached hydrogen (secondary N) is 2. The largest absolute Gasteiger partial charge is 0.462 e. The highest BCUT2D eigenvalue weighted by atomic mass is 16.5. The first-order chi connectivity index (χ1) is 11.2. The molecule has 118 valence electrons. The van der Waals surface area contributed by atoms with Crippen molar-refractivity contribution < 1.29 is 14.3 Å². The molecule has 0 unspecified atom stereocenters. The highest BCUT2D eigenvalue weighted by Gasteiger charge is 2.14. The van der Waals surface area contributed by atoms with Crippen LogP contribution in [-0.2, 0) is 11.2 Å². The summed E-state index contributed by atoms with van der Waals surface area (Å²) in [5, 5.41) is 6.09. The zero-order valence-corrected chi connectivity index (χ0v) is 12.9. The predicted octanol–water partition coefficient (Wildman–Crippen LogP) is 3.08. The van der Waals surface area contributed by atoms with Crippen molar-refractivity contribution in [3.63, 3.8) is 0 Å². The molecule has 0 radical (unpaired) electrons. The van der Waals surface area contributed by atoms with Gasteiger partial charge in [-0.3, -0.25) is 4.79 Å². The molecule has 1 aliphatic rings. The third-order valence-electron chi connectivity index (χ3n) is 3.74. The van der Waals surface area contributed by atoms with Crippen LogP contribution in [-0.4, -0.2) is 25.0 Å². The summed E-state index contributed by atoms with van der Waals surface area (Å²) in [6.07, 6.45) is 0.993. The molecule has 2 aromatic rings. The Kier molecular flexibility index (Phi) is 4.28. The molecule has 2 aromatic carbocycles. The molecule has 0 saturated heterocycles. The zero-order chi connectivity index (χ0) is 16.2. The number of hydrogen-bond acceptors (Lipinski definition) is 4. The molecule has 0 bridgehead atoms. The van der Waals surface area contributed by atoms with Gasteiger partial charge in [-0.05, 0) is 55.3 Å². The molecule has 3 rings (SSSR count). The average molecular weight is 310 g/mol. The highest BCUT2D eigenvalue weighted by molar-refractivity contribution is 6.05. The monoisotopic (exact) mass is 310 g/mol. The lowest BCUT2D eigenvalue weighted by atomic mass is 10.1. The summed E-state index contributed by atoms with van der Waals surface area (Å²) in [6, 6.07) is 12.3. The van der Waals surface area contributed by atoms with Crippen LogP contribution in [0.4, 0.5) is 11.4 Å². The van der Waals surface area contributed by atoms with E-state index in [1.165, 1.54) is 5.56 Å². The van der Waals surface area contributed by atoms with Gasteiger partial charge in [0.2, 0.25) is 0 Å². The van der Waals surface area contributed by atoms with Gasteiger partial charge < -0.3 is 15.4 Å². The topological polar surface area (TPSA) is 67.4 Å². The summed E-state index contributed by atoms with van der Waals surface area (Å²) in [7, 11) is 0. The lowest BCUT2D eigenvalue weighted by Crippen LogP contribution is -2.12. The van der Waals surface area contributed by atoms with E-state index < -0.39 is 0 Å². The summed E-state index contributed by atoms with van der Waals surface area (Å²) >= 11 is 0. The van der Waals surface area contributed by atoms with Crippen LogP contribution in [0.5, 0.6) is 0 Å². The van der Waals surface area contributed by atoms with Crippen molar-refractivity contribution in [2.45, 2.75) is 13.3 Å². The van der Waals surface area contributed by atoms with Crippen LogP contribution in [0.25, 0.3) is 0 Å². The van der Waals surface area contributed by atoms with Crippen LogP contribution >= 0.6 is 0 Å². The van der Waals surface area contributed by atoms with E-state index in [0.717, 1.165) is 18.7 Å². The Morgan fingerprint density at radius 1 is 1.13 bits per heavy atom. The molecule has 5 heteroatoms. The summed E-state index contributed by atoms with van der Waals surface area (Å²) < 4.78 is 4.93. The van der Waals surface area contributed by atoms with E-state index in [4.69, 9.17) is 4.74 Å². The standard InChI is InChI=1S/C18H18N2O3/c1-2-23-18(22)13-5-7-15(8-6-13)20-17(21)14-4-3-12-9-10-19-16(12)11-14/h3-8,11,19H,2,9-10H2,1H3,(H,20,21). The maximum atomic E-state index is 12.3. The Labute approximate surface area is 134 Å². The van der Waals surface area contributed by atoms with Crippen LogP contribution in [0, 0.1) is 0 Å². The third kappa shape index (κ3) is 3.34. The minimum absolute atomic E-state index is 0.176. The molecule has 0 spiro atoms. The molecule has 1 amide bonds. The number of ether oxygens (including phenoxy) is 1. The van der Waals surface area contributed by atoms with E-state index >= 15 is 0 Å². The first-order valence-electron chi connectivity index (χ1n) is 7.62. The fourth-order valence-corrected chi connectivity index (χ4v) is 2.54. The van der Waals surface area contributed by atoms with Gasteiger partial charge in [-0.25, -0.2) is 4.79 Å². The summed E-state index contributed by atoms with van der Waals surface area (Å²) in [6.45, 7) is 3.01. The Morgan fingerprint density at radius 3 is 2.61 bits per heavy atom.